The fraction of sp³-hybridized carbons (Fsp3) is 0.458. The first-order chi connectivity index (χ1) is 14.1. The number of nitrogens with two attached hydrogens (primary N) is 1. The first kappa shape index (κ1) is 20.8. The predicted octanol–water partition coefficient (Wildman–Crippen LogP) is 4.90. The number of carbonyl (C=O) groups is 1. The number of amides is 1. The third-order valence-corrected chi connectivity index (χ3v) is 6.15. The molecule has 2 aromatic carbocycles. The van der Waals surface area contributed by atoms with Crippen LogP contribution in [0.25, 0.3) is 11.1 Å². The molecule has 1 aliphatic carbocycles. The maximum atomic E-state index is 15.4. The Kier molecular flexibility index (Phi) is 5.09. The summed E-state index contributed by atoms with van der Waals surface area (Å²) >= 11 is 0. The van der Waals surface area contributed by atoms with Gasteiger partial charge in [0.25, 0.3) is 0 Å². The summed E-state index contributed by atoms with van der Waals surface area (Å²) in [6, 6.07) is 10.6. The van der Waals surface area contributed by atoms with Crippen LogP contribution < -0.4 is 5.73 Å². The molecule has 2 fully saturated rings. The SMILES string of the molecule is CC(C)(C)OC(=O)N1CC2(CC2)[C@H](N)[C@@H]1Cc1cc(F)cc(-c2ccccc2)c1F. The van der Waals surface area contributed by atoms with Gasteiger partial charge in [0, 0.05) is 23.6 Å². The fourth-order valence-electron chi connectivity index (χ4n) is 4.42. The summed E-state index contributed by atoms with van der Waals surface area (Å²) in [7, 11) is 0. The molecule has 0 aromatic heterocycles. The van der Waals surface area contributed by atoms with Gasteiger partial charge in [-0.05, 0) is 63.3 Å². The minimum atomic E-state index is -0.643. The van der Waals surface area contributed by atoms with Crippen molar-refractivity contribution in [2.24, 2.45) is 11.1 Å². The number of nitrogens with zero attached hydrogens (tertiary/aromatic N) is 1. The Balaban J connectivity index is 1.66. The summed E-state index contributed by atoms with van der Waals surface area (Å²) in [6.45, 7) is 5.92. The maximum absolute atomic E-state index is 15.4. The summed E-state index contributed by atoms with van der Waals surface area (Å²) < 4.78 is 35.4. The fourth-order valence-corrected chi connectivity index (χ4v) is 4.42. The Bertz CT molecular complexity index is 952. The molecule has 0 bridgehead atoms. The van der Waals surface area contributed by atoms with Crippen molar-refractivity contribution in [3.05, 3.63) is 59.7 Å². The van der Waals surface area contributed by atoms with E-state index in [1.54, 1.807) is 49.9 Å². The van der Waals surface area contributed by atoms with Crippen LogP contribution in [0.2, 0.25) is 0 Å². The minimum absolute atomic E-state index is 0.131. The zero-order chi connectivity index (χ0) is 21.7. The molecule has 1 amide bonds. The van der Waals surface area contributed by atoms with Gasteiger partial charge in [0.1, 0.15) is 17.2 Å². The molecule has 0 radical (unpaired) electrons. The largest absolute Gasteiger partial charge is 0.444 e. The van der Waals surface area contributed by atoms with Crippen molar-refractivity contribution < 1.29 is 18.3 Å². The first-order valence-corrected chi connectivity index (χ1v) is 10.4. The van der Waals surface area contributed by atoms with Crippen molar-refractivity contribution in [2.75, 3.05) is 6.54 Å². The molecule has 0 unspecified atom stereocenters. The average molecular weight is 414 g/mol. The van der Waals surface area contributed by atoms with E-state index in [1.807, 2.05) is 6.07 Å². The van der Waals surface area contributed by atoms with Crippen molar-refractivity contribution in [1.29, 1.82) is 0 Å². The lowest BCUT2D eigenvalue weighted by atomic mass is 9.91. The Morgan fingerprint density at radius 3 is 2.47 bits per heavy atom. The number of carbonyl (C=O) groups excluding carboxylic acids is 1. The van der Waals surface area contributed by atoms with E-state index in [0.717, 1.165) is 12.8 Å². The molecule has 2 atom stereocenters. The quantitative estimate of drug-likeness (QED) is 0.777. The highest BCUT2D eigenvalue weighted by atomic mass is 19.1. The van der Waals surface area contributed by atoms with Gasteiger partial charge in [0.05, 0.1) is 6.04 Å². The molecular weight excluding hydrogens is 386 g/mol. The molecule has 1 saturated carbocycles. The van der Waals surface area contributed by atoms with Gasteiger partial charge < -0.3 is 15.4 Å². The lowest BCUT2D eigenvalue weighted by molar-refractivity contribution is 0.0215. The van der Waals surface area contributed by atoms with Gasteiger partial charge in [-0.25, -0.2) is 13.6 Å². The number of halogens is 2. The lowest BCUT2D eigenvalue weighted by Gasteiger charge is -2.30. The van der Waals surface area contributed by atoms with Gasteiger partial charge in [-0.2, -0.15) is 0 Å². The van der Waals surface area contributed by atoms with Crippen LogP contribution in [0.15, 0.2) is 42.5 Å². The van der Waals surface area contributed by atoms with E-state index in [-0.39, 0.29) is 29.0 Å². The van der Waals surface area contributed by atoms with Crippen LogP contribution >= 0.6 is 0 Å². The molecule has 4 rings (SSSR count). The van der Waals surface area contributed by atoms with Gasteiger partial charge >= 0.3 is 6.09 Å². The van der Waals surface area contributed by atoms with E-state index < -0.39 is 29.4 Å². The number of likely N-dealkylation sites (tertiary alicyclic amines) is 1. The van der Waals surface area contributed by atoms with Crippen molar-refractivity contribution in [2.45, 2.75) is 57.7 Å². The molecule has 30 heavy (non-hydrogen) atoms. The van der Waals surface area contributed by atoms with Crippen LogP contribution in [0.3, 0.4) is 0 Å². The summed E-state index contributed by atoms with van der Waals surface area (Å²) in [6.07, 6.45) is 1.56. The standard InChI is InChI=1S/C24H28F2N2O2/c1-23(2,3)30-22(29)28-14-24(9-10-24)21(27)19(28)12-16-11-17(25)13-18(20(16)26)15-7-5-4-6-8-15/h4-8,11,13,19,21H,9-10,12,14,27H2,1-3H3/t19-,21+/m0/s1. The van der Waals surface area contributed by atoms with Crippen LogP contribution in [-0.4, -0.2) is 35.2 Å². The summed E-state index contributed by atoms with van der Waals surface area (Å²) in [5.74, 6) is -0.988. The third-order valence-electron chi connectivity index (χ3n) is 6.15. The smallest absolute Gasteiger partial charge is 0.410 e. The Hall–Kier alpha value is -2.47. The second-order valence-electron chi connectivity index (χ2n) is 9.56. The molecule has 2 N–H and O–H groups in total. The molecule has 1 spiro atoms. The lowest BCUT2D eigenvalue weighted by Crippen LogP contribution is -2.46. The molecule has 6 heteroatoms. The molecule has 4 nitrogen and oxygen atoms in total. The average Bonchev–Trinajstić information content (AvgIpc) is 3.41. The van der Waals surface area contributed by atoms with Crippen LogP contribution in [0.4, 0.5) is 13.6 Å². The van der Waals surface area contributed by atoms with E-state index >= 15 is 4.39 Å². The van der Waals surface area contributed by atoms with E-state index in [2.05, 4.69) is 0 Å². The van der Waals surface area contributed by atoms with Crippen LogP contribution in [-0.2, 0) is 11.2 Å². The van der Waals surface area contributed by atoms with Crippen LogP contribution in [0.5, 0.6) is 0 Å². The van der Waals surface area contributed by atoms with Crippen molar-refractivity contribution in [3.8, 4) is 11.1 Å². The topological polar surface area (TPSA) is 55.6 Å². The van der Waals surface area contributed by atoms with Crippen molar-refractivity contribution >= 4 is 6.09 Å². The Morgan fingerprint density at radius 2 is 1.87 bits per heavy atom. The third kappa shape index (κ3) is 3.93. The zero-order valence-electron chi connectivity index (χ0n) is 17.6. The molecule has 2 aromatic rings. The van der Waals surface area contributed by atoms with Crippen LogP contribution in [0, 0.1) is 17.0 Å². The molecule has 2 aliphatic rings. The van der Waals surface area contributed by atoms with Gasteiger partial charge in [-0.1, -0.05) is 30.3 Å². The Morgan fingerprint density at radius 1 is 1.20 bits per heavy atom. The van der Waals surface area contributed by atoms with E-state index in [9.17, 15) is 9.18 Å². The van der Waals surface area contributed by atoms with Gasteiger partial charge in [0.15, 0.2) is 0 Å². The summed E-state index contributed by atoms with van der Waals surface area (Å²) in [4.78, 5) is 14.5. The van der Waals surface area contributed by atoms with Gasteiger partial charge in [-0.15, -0.1) is 0 Å². The zero-order valence-corrected chi connectivity index (χ0v) is 17.6. The van der Waals surface area contributed by atoms with E-state index in [0.29, 0.717) is 12.1 Å². The number of hydrogen-bond acceptors (Lipinski definition) is 3. The predicted molar refractivity (Wildman–Crippen MR) is 112 cm³/mol. The molecule has 160 valence electrons. The van der Waals surface area contributed by atoms with Crippen molar-refractivity contribution in [3.63, 3.8) is 0 Å². The first-order valence-electron chi connectivity index (χ1n) is 10.4. The van der Waals surface area contributed by atoms with E-state index in [4.69, 9.17) is 10.5 Å². The highest BCUT2D eigenvalue weighted by Gasteiger charge is 2.59. The number of hydrogen-bond donors (Lipinski definition) is 1. The summed E-state index contributed by atoms with van der Waals surface area (Å²) in [5.41, 5.74) is 6.79. The highest BCUT2D eigenvalue weighted by Crippen LogP contribution is 2.54. The molecular formula is C24H28F2N2O2. The van der Waals surface area contributed by atoms with Gasteiger partial charge in [-0.3, -0.25) is 0 Å². The van der Waals surface area contributed by atoms with Crippen molar-refractivity contribution in [1.82, 2.24) is 4.90 Å². The normalized spacial score (nSPS) is 22.4. The number of benzene rings is 2. The highest BCUT2D eigenvalue weighted by molar-refractivity contribution is 5.70. The second-order valence-corrected chi connectivity index (χ2v) is 9.56. The number of rotatable bonds is 3. The van der Waals surface area contributed by atoms with E-state index in [1.165, 1.54) is 12.1 Å². The maximum Gasteiger partial charge on any atom is 0.410 e. The number of ether oxygens (including phenoxy) is 1. The molecule has 1 heterocycles. The second kappa shape index (κ2) is 7.34. The minimum Gasteiger partial charge on any atom is -0.444 e. The Labute approximate surface area is 176 Å². The monoisotopic (exact) mass is 414 g/mol. The van der Waals surface area contributed by atoms with Gasteiger partial charge in [0.2, 0.25) is 0 Å². The molecule has 1 aliphatic heterocycles. The summed E-state index contributed by atoms with van der Waals surface area (Å²) in [5, 5.41) is 0. The molecule has 1 saturated heterocycles. The van der Waals surface area contributed by atoms with Crippen LogP contribution in [0.1, 0.15) is 39.2 Å².